The van der Waals surface area contributed by atoms with E-state index in [-0.39, 0.29) is 17.1 Å². The molecule has 0 spiro atoms. The standard InChI is InChI=1S/C19H21NO2/c1-12-9-15-18(16(21)10-12)17(22)11-19(2)14-6-4-3-5-13(14)7-8-20(15)19/h3-6,12H,7-11H2,1-2H3/t12?,19-/m1/s1. The van der Waals surface area contributed by atoms with Gasteiger partial charge in [0.25, 0.3) is 0 Å². The quantitative estimate of drug-likeness (QED) is 0.691. The number of carbonyl (C=O) groups excluding carboxylic acids is 2. The van der Waals surface area contributed by atoms with E-state index in [1.54, 1.807) is 0 Å². The lowest BCUT2D eigenvalue weighted by Gasteiger charge is -2.52. The van der Waals surface area contributed by atoms with E-state index in [2.05, 4.69) is 43.0 Å². The number of rotatable bonds is 0. The second kappa shape index (κ2) is 4.55. The molecule has 0 saturated carbocycles. The largest absolute Gasteiger partial charge is 0.364 e. The molecule has 0 amide bonds. The number of hydrogen-bond acceptors (Lipinski definition) is 3. The summed E-state index contributed by atoms with van der Waals surface area (Å²) in [6.07, 6.45) is 2.78. The molecule has 1 aromatic carbocycles. The summed E-state index contributed by atoms with van der Waals surface area (Å²) in [5.74, 6) is 0.431. The number of ketones is 2. The second-order valence-electron chi connectivity index (χ2n) is 7.19. The fraction of sp³-hybridized carbons (Fsp3) is 0.474. The highest BCUT2D eigenvalue weighted by Crippen LogP contribution is 2.47. The van der Waals surface area contributed by atoms with Gasteiger partial charge < -0.3 is 4.90 Å². The summed E-state index contributed by atoms with van der Waals surface area (Å²) in [5.41, 5.74) is 3.83. The highest BCUT2D eigenvalue weighted by atomic mass is 16.1. The molecule has 0 aromatic heterocycles. The molecule has 1 aliphatic carbocycles. The van der Waals surface area contributed by atoms with Gasteiger partial charge in [-0.05, 0) is 36.8 Å². The van der Waals surface area contributed by atoms with Crippen molar-refractivity contribution in [2.45, 2.75) is 45.1 Å². The molecule has 114 valence electrons. The van der Waals surface area contributed by atoms with Crippen LogP contribution in [0.5, 0.6) is 0 Å². The van der Waals surface area contributed by atoms with Crippen molar-refractivity contribution < 1.29 is 9.59 Å². The molecule has 22 heavy (non-hydrogen) atoms. The lowest BCUT2D eigenvalue weighted by Crippen LogP contribution is -2.54. The summed E-state index contributed by atoms with van der Waals surface area (Å²) in [7, 11) is 0. The molecule has 3 aliphatic rings. The Bertz CT molecular complexity index is 718. The van der Waals surface area contributed by atoms with Gasteiger partial charge in [-0.3, -0.25) is 9.59 Å². The summed E-state index contributed by atoms with van der Waals surface area (Å²) < 4.78 is 0. The number of Topliss-reactive ketones (excluding diaryl/α,β-unsaturated/α-hetero) is 2. The van der Waals surface area contributed by atoms with Crippen molar-refractivity contribution in [3.63, 3.8) is 0 Å². The molecule has 2 atom stereocenters. The summed E-state index contributed by atoms with van der Waals surface area (Å²) in [6.45, 7) is 5.17. The van der Waals surface area contributed by atoms with E-state index in [9.17, 15) is 9.59 Å². The van der Waals surface area contributed by atoms with Gasteiger partial charge in [0.15, 0.2) is 11.6 Å². The molecule has 1 unspecified atom stereocenters. The minimum absolute atomic E-state index is 0.0438. The fourth-order valence-corrected chi connectivity index (χ4v) is 4.56. The van der Waals surface area contributed by atoms with Crippen molar-refractivity contribution in [1.82, 2.24) is 4.90 Å². The van der Waals surface area contributed by atoms with E-state index in [0.29, 0.717) is 24.3 Å². The predicted octanol–water partition coefficient (Wildman–Crippen LogP) is 2.99. The summed E-state index contributed by atoms with van der Waals surface area (Å²) in [4.78, 5) is 27.4. The van der Waals surface area contributed by atoms with Gasteiger partial charge in [-0.15, -0.1) is 0 Å². The summed E-state index contributed by atoms with van der Waals surface area (Å²) in [5, 5.41) is 0. The lowest BCUT2D eigenvalue weighted by atomic mass is 9.71. The Morgan fingerprint density at radius 2 is 1.91 bits per heavy atom. The predicted molar refractivity (Wildman–Crippen MR) is 84.3 cm³/mol. The number of benzene rings is 1. The van der Waals surface area contributed by atoms with Crippen molar-refractivity contribution in [2.75, 3.05) is 6.54 Å². The average Bonchev–Trinajstić information content (AvgIpc) is 2.46. The zero-order chi connectivity index (χ0) is 15.5. The minimum atomic E-state index is -0.290. The van der Waals surface area contributed by atoms with E-state index in [1.165, 1.54) is 11.1 Å². The Morgan fingerprint density at radius 3 is 2.73 bits per heavy atom. The van der Waals surface area contributed by atoms with Gasteiger partial charge in [0.05, 0.1) is 11.1 Å². The highest BCUT2D eigenvalue weighted by molar-refractivity contribution is 6.22. The Kier molecular flexibility index (Phi) is 2.84. The second-order valence-corrected chi connectivity index (χ2v) is 7.19. The van der Waals surface area contributed by atoms with Gasteiger partial charge in [-0.25, -0.2) is 0 Å². The molecule has 2 heterocycles. The maximum Gasteiger partial charge on any atom is 0.170 e. The molecule has 0 N–H and O–H groups in total. The van der Waals surface area contributed by atoms with Crippen molar-refractivity contribution >= 4 is 11.6 Å². The maximum atomic E-state index is 12.7. The van der Waals surface area contributed by atoms with Gasteiger partial charge in [0.2, 0.25) is 0 Å². The van der Waals surface area contributed by atoms with Gasteiger partial charge >= 0.3 is 0 Å². The molecule has 0 fully saturated rings. The van der Waals surface area contributed by atoms with Crippen LogP contribution >= 0.6 is 0 Å². The third kappa shape index (κ3) is 1.74. The number of carbonyl (C=O) groups is 2. The first-order valence-corrected chi connectivity index (χ1v) is 8.16. The zero-order valence-corrected chi connectivity index (χ0v) is 13.2. The average molecular weight is 295 g/mol. The minimum Gasteiger partial charge on any atom is -0.364 e. The van der Waals surface area contributed by atoms with E-state index < -0.39 is 0 Å². The van der Waals surface area contributed by atoms with Crippen LogP contribution in [0.3, 0.4) is 0 Å². The van der Waals surface area contributed by atoms with Crippen LogP contribution in [0.2, 0.25) is 0 Å². The Hall–Kier alpha value is -1.90. The van der Waals surface area contributed by atoms with Crippen molar-refractivity contribution in [1.29, 1.82) is 0 Å². The number of nitrogens with zero attached hydrogens (tertiary/aromatic N) is 1. The van der Waals surface area contributed by atoms with E-state index >= 15 is 0 Å². The van der Waals surface area contributed by atoms with Gasteiger partial charge in [0.1, 0.15) is 0 Å². The van der Waals surface area contributed by atoms with Gasteiger partial charge in [0, 0.05) is 25.1 Å². The van der Waals surface area contributed by atoms with Gasteiger partial charge in [-0.1, -0.05) is 31.2 Å². The first-order chi connectivity index (χ1) is 10.5. The number of hydrogen-bond donors (Lipinski definition) is 0. The summed E-state index contributed by atoms with van der Waals surface area (Å²) >= 11 is 0. The van der Waals surface area contributed by atoms with Crippen LogP contribution in [0.1, 0.15) is 44.2 Å². The van der Waals surface area contributed by atoms with Crippen LogP contribution in [0.15, 0.2) is 35.5 Å². The molecule has 0 saturated heterocycles. The monoisotopic (exact) mass is 295 g/mol. The van der Waals surface area contributed by atoms with Crippen molar-refractivity contribution in [2.24, 2.45) is 5.92 Å². The van der Waals surface area contributed by atoms with Crippen LogP contribution in [0.25, 0.3) is 0 Å². The van der Waals surface area contributed by atoms with E-state index in [4.69, 9.17) is 0 Å². The number of allylic oxidation sites excluding steroid dienone is 2. The third-order valence-corrected chi connectivity index (χ3v) is 5.55. The Morgan fingerprint density at radius 1 is 1.14 bits per heavy atom. The first kappa shape index (κ1) is 13.7. The maximum absolute atomic E-state index is 12.7. The van der Waals surface area contributed by atoms with E-state index in [1.807, 2.05) is 0 Å². The third-order valence-electron chi connectivity index (χ3n) is 5.55. The molecule has 0 bridgehead atoms. The summed E-state index contributed by atoms with van der Waals surface area (Å²) in [6, 6.07) is 8.44. The topological polar surface area (TPSA) is 37.4 Å². The molecular weight excluding hydrogens is 274 g/mol. The van der Waals surface area contributed by atoms with Crippen molar-refractivity contribution in [3.05, 3.63) is 46.7 Å². The molecule has 0 radical (unpaired) electrons. The normalized spacial score (nSPS) is 30.8. The molecular formula is C19H21NO2. The molecule has 3 heteroatoms. The highest BCUT2D eigenvalue weighted by Gasteiger charge is 2.48. The van der Waals surface area contributed by atoms with Crippen LogP contribution in [0, 0.1) is 5.92 Å². The SMILES string of the molecule is CC1CC(=O)C2=C(C1)N1CCc3ccccc3[C@@]1(C)CC2=O. The smallest absolute Gasteiger partial charge is 0.170 e. The number of fused-ring (bicyclic) bond motifs is 4. The fourth-order valence-electron chi connectivity index (χ4n) is 4.56. The Balaban J connectivity index is 1.89. The van der Waals surface area contributed by atoms with E-state index in [0.717, 1.165) is 25.1 Å². The Labute approximate surface area is 131 Å². The van der Waals surface area contributed by atoms with Crippen LogP contribution in [-0.4, -0.2) is 23.0 Å². The van der Waals surface area contributed by atoms with Crippen LogP contribution in [-0.2, 0) is 21.5 Å². The lowest BCUT2D eigenvalue weighted by molar-refractivity contribution is -0.126. The zero-order valence-electron chi connectivity index (χ0n) is 13.2. The van der Waals surface area contributed by atoms with Crippen LogP contribution < -0.4 is 0 Å². The van der Waals surface area contributed by atoms with Gasteiger partial charge in [-0.2, -0.15) is 0 Å². The molecule has 2 aliphatic heterocycles. The first-order valence-electron chi connectivity index (χ1n) is 8.16. The molecule has 1 aromatic rings. The van der Waals surface area contributed by atoms with Crippen molar-refractivity contribution in [3.8, 4) is 0 Å². The molecule has 3 nitrogen and oxygen atoms in total. The van der Waals surface area contributed by atoms with Crippen LogP contribution in [0.4, 0.5) is 0 Å². The molecule has 4 rings (SSSR count).